The second kappa shape index (κ2) is 6.15. The van der Waals surface area contributed by atoms with Crippen molar-refractivity contribution in [1.29, 1.82) is 0 Å². The van der Waals surface area contributed by atoms with Crippen molar-refractivity contribution in [3.63, 3.8) is 0 Å². The van der Waals surface area contributed by atoms with Crippen molar-refractivity contribution in [2.45, 2.75) is 51.5 Å². The minimum absolute atomic E-state index is 0.844. The quantitative estimate of drug-likeness (QED) is 0.670. The summed E-state index contributed by atoms with van der Waals surface area (Å²) < 4.78 is 0. The first-order valence-electron chi connectivity index (χ1n) is 6.69. The number of hydrogen-bond acceptors (Lipinski definition) is 2. The van der Waals surface area contributed by atoms with E-state index in [0.29, 0.717) is 0 Å². The van der Waals surface area contributed by atoms with Gasteiger partial charge in [0.25, 0.3) is 0 Å². The summed E-state index contributed by atoms with van der Waals surface area (Å²) in [6, 6.07) is 0.844. The van der Waals surface area contributed by atoms with E-state index in [1.165, 1.54) is 56.6 Å². The van der Waals surface area contributed by atoms with E-state index >= 15 is 0 Å². The zero-order valence-corrected chi connectivity index (χ0v) is 10.8. The molecule has 0 aromatic carbocycles. The highest BCUT2D eigenvalue weighted by molar-refractivity contribution is 7.99. The molecule has 2 fully saturated rings. The van der Waals surface area contributed by atoms with Crippen LogP contribution < -0.4 is 5.32 Å². The number of hydrogen-bond donors (Lipinski definition) is 1. The van der Waals surface area contributed by atoms with Crippen molar-refractivity contribution >= 4 is 11.8 Å². The Bertz CT molecular complexity index is 179. The van der Waals surface area contributed by atoms with Crippen LogP contribution in [0.2, 0.25) is 0 Å². The fourth-order valence-corrected chi connectivity index (χ4v) is 3.60. The van der Waals surface area contributed by atoms with Crippen LogP contribution in [-0.4, -0.2) is 24.1 Å². The molecule has 15 heavy (non-hydrogen) atoms. The Morgan fingerprint density at radius 3 is 2.60 bits per heavy atom. The van der Waals surface area contributed by atoms with Gasteiger partial charge >= 0.3 is 0 Å². The average Bonchev–Trinajstić information content (AvgIpc) is 2.96. The molecule has 0 aliphatic heterocycles. The average molecular weight is 227 g/mol. The maximum absolute atomic E-state index is 3.72. The van der Waals surface area contributed by atoms with Gasteiger partial charge in [0, 0.05) is 18.3 Å². The third kappa shape index (κ3) is 4.36. The van der Waals surface area contributed by atoms with Crippen molar-refractivity contribution in [3.8, 4) is 0 Å². The predicted octanol–water partition coefficient (Wildman–Crippen LogP) is 3.30. The maximum atomic E-state index is 3.72. The second-order valence-corrected chi connectivity index (χ2v) is 6.41. The van der Waals surface area contributed by atoms with Gasteiger partial charge in [0.05, 0.1) is 0 Å². The standard InChI is InChI=1S/C13H25NS/c1-2-11-5-6-13(9-11)14-7-8-15-10-12-3-4-12/h11-14H,2-10H2,1H3. The molecule has 0 bridgehead atoms. The van der Waals surface area contributed by atoms with Crippen LogP contribution in [-0.2, 0) is 0 Å². The van der Waals surface area contributed by atoms with Gasteiger partial charge in [0.15, 0.2) is 0 Å². The predicted molar refractivity (Wildman–Crippen MR) is 69.5 cm³/mol. The molecule has 2 aliphatic carbocycles. The lowest BCUT2D eigenvalue weighted by Crippen LogP contribution is -2.28. The normalized spacial score (nSPS) is 31.0. The Morgan fingerprint density at radius 1 is 1.13 bits per heavy atom. The number of thioether (sulfide) groups is 1. The van der Waals surface area contributed by atoms with Crippen molar-refractivity contribution in [2.75, 3.05) is 18.1 Å². The third-order valence-electron chi connectivity index (χ3n) is 3.85. The lowest BCUT2D eigenvalue weighted by Gasteiger charge is -2.12. The number of nitrogens with one attached hydrogen (secondary N) is 1. The van der Waals surface area contributed by atoms with Gasteiger partial charge in [-0.2, -0.15) is 11.8 Å². The largest absolute Gasteiger partial charge is 0.313 e. The molecule has 0 heterocycles. The lowest BCUT2D eigenvalue weighted by atomic mass is 10.1. The van der Waals surface area contributed by atoms with Crippen LogP contribution in [0.3, 0.4) is 0 Å². The summed E-state index contributed by atoms with van der Waals surface area (Å²) in [5, 5.41) is 3.72. The summed E-state index contributed by atoms with van der Waals surface area (Å²) in [6.07, 6.45) is 8.70. The Labute approximate surface area is 98.8 Å². The molecule has 2 saturated carbocycles. The first kappa shape index (κ1) is 11.8. The molecular weight excluding hydrogens is 202 g/mol. The lowest BCUT2D eigenvalue weighted by molar-refractivity contribution is 0.486. The third-order valence-corrected chi connectivity index (χ3v) is 5.05. The molecule has 0 aromatic heterocycles. The van der Waals surface area contributed by atoms with Gasteiger partial charge in [0.2, 0.25) is 0 Å². The van der Waals surface area contributed by atoms with Gasteiger partial charge in [-0.05, 0) is 49.7 Å². The topological polar surface area (TPSA) is 12.0 Å². The molecule has 1 N–H and O–H groups in total. The van der Waals surface area contributed by atoms with E-state index in [4.69, 9.17) is 0 Å². The van der Waals surface area contributed by atoms with Crippen LogP contribution >= 0.6 is 11.8 Å². The molecule has 0 saturated heterocycles. The second-order valence-electron chi connectivity index (χ2n) is 5.26. The van der Waals surface area contributed by atoms with E-state index in [1.54, 1.807) is 0 Å². The van der Waals surface area contributed by atoms with Crippen LogP contribution in [0.1, 0.15) is 45.4 Å². The highest BCUT2D eigenvalue weighted by Crippen LogP contribution is 2.32. The van der Waals surface area contributed by atoms with E-state index in [1.807, 2.05) is 0 Å². The summed E-state index contributed by atoms with van der Waals surface area (Å²) in [5.74, 6) is 4.85. The molecule has 1 nitrogen and oxygen atoms in total. The summed E-state index contributed by atoms with van der Waals surface area (Å²) in [7, 11) is 0. The van der Waals surface area contributed by atoms with Crippen LogP contribution in [0.15, 0.2) is 0 Å². The Morgan fingerprint density at radius 2 is 1.93 bits per heavy atom. The molecule has 2 rings (SSSR count). The SMILES string of the molecule is CCC1CCC(NCCSCC2CC2)C1. The van der Waals surface area contributed by atoms with Crippen LogP contribution in [0.25, 0.3) is 0 Å². The van der Waals surface area contributed by atoms with E-state index in [-0.39, 0.29) is 0 Å². The summed E-state index contributed by atoms with van der Waals surface area (Å²) >= 11 is 2.15. The molecule has 2 heteroatoms. The Balaban J connectivity index is 1.43. The highest BCUT2D eigenvalue weighted by atomic mass is 32.2. The summed E-state index contributed by atoms with van der Waals surface area (Å²) in [5.41, 5.74) is 0. The number of rotatable bonds is 7. The maximum Gasteiger partial charge on any atom is 0.00701 e. The first-order valence-corrected chi connectivity index (χ1v) is 7.85. The van der Waals surface area contributed by atoms with Crippen LogP contribution in [0.4, 0.5) is 0 Å². The minimum atomic E-state index is 0.844. The summed E-state index contributed by atoms with van der Waals surface area (Å²) in [4.78, 5) is 0. The van der Waals surface area contributed by atoms with E-state index in [9.17, 15) is 0 Å². The smallest absolute Gasteiger partial charge is 0.00701 e. The van der Waals surface area contributed by atoms with Gasteiger partial charge in [-0.25, -0.2) is 0 Å². The molecule has 2 unspecified atom stereocenters. The molecular formula is C13H25NS. The zero-order chi connectivity index (χ0) is 10.5. The van der Waals surface area contributed by atoms with Gasteiger partial charge in [-0.15, -0.1) is 0 Å². The Hall–Kier alpha value is 0.310. The van der Waals surface area contributed by atoms with Crippen molar-refractivity contribution < 1.29 is 0 Å². The van der Waals surface area contributed by atoms with Crippen molar-refractivity contribution in [2.24, 2.45) is 11.8 Å². The fraction of sp³-hybridized carbons (Fsp3) is 1.00. The van der Waals surface area contributed by atoms with Crippen LogP contribution in [0.5, 0.6) is 0 Å². The van der Waals surface area contributed by atoms with E-state index in [0.717, 1.165) is 17.9 Å². The molecule has 0 aromatic rings. The Kier molecular flexibility index (Phi) is 4.83. The van der Waals surface area contributed by atoms with Gasteiger partial charge in [-0.3, -0.25) is 0 Å². The van der Waals surface area contributed by atoms with Gasteiger partial charge < -0.3 is 5.32 Å². The summed E-state index contributed by atoms with van der Waals surface area (Å²) in [6.45, 7) is 3.57. The van der Waals surface area contributed by atoms with Crippen molar-refractivity contribution in [1.82, 2.24) is 5.32 Å². The van der Waals surface area contributed by atoms with Gasteiger partial charge in [-0.1, -0.05) is 13.3 Å². The minimum Gasteiger partial charge on any atom is -0.313 e. The van der Waals surface area contributed by atoms with E-state index in [2.05, 4.69) is 24.0 Å². The molecule has 88 valence electrons. The van der Waals surface area contributed by atoms with Crippen LogP contribution in [0, 0.1) is 11.8 Å². The molecule has 2 aliphatic rings. The first-order chi connectivity index (χ1) is 7.38. The monoisotopic (exact) mass is 227 g/mol. The zero-order valence-electron chi connectivity index (χ0n) is 10.0. The fourth-order valence-electron chi connectivity index (χ4n) is 2.50. The molecule has 0 amide bonds. The van der Waals surface area contributed by atoms with Crippen molar-refractivity contribution in [3.05, 3.63) is 0 Å². The van der Waals surface area contributed by atoms with Gasteiger partial charge in [0.1, 0.15) is 0 Å². The van der Waals surface area contributed by atoms with E-state index < -0.39 is 0 Å². The molecule has 0 spiro atoms. The molecule has 0 radical (unpaired) electrons. The highest BCUT2D eigenvalue weighted by Gasteiger charge is 2.23. The molecule has 2 atom stereocenters.